The van der Waals surface area contributed by atoms with E-state index in [2.05, 4.69) is 11.7 Å². The number of amides is 2. The fourth-order valence-electron chi connectivity index (χ4n) is 2.43. The summed E-state index contributed by atoms with van der Waals surface area (Å²) in [6, 6.07) is 4.63. The van der Waals surface area contributed by atoms with E-state index in [0.717, 1.165) is 0 Å². The Kier molecular flexibility index (Phi) is 5.14. The highest BCUT2D eigenvalue weighted by atomic mass is 16.5. The van der Waals surface area contributed by atoms with Crippen LogP contribution in [-0.4, -0.2) is 60.7 Å². The molecule has 0 saturated carbocycles. The van der Waals surface area contributed by atoms with Gasteiger partial charge in [0, 0.05) is 18.8 Å². The molecule has 1 heterocycles. The summed E-state index contributed by atoms with van der Waals surface area (Å²) >= 11 is 0. The molecule has 0 aliphatic carbocycles. The van der Waals surface area contributed by atoms with Gasteiger partial charge in [-0.25, -0.2) is 4.79 Å². The van der Waals surface area contributed by atoms with Crippen LogP contribution in [0.5, 0.6) is 11.5 Å². The van der Waals surface area contributed by atoms with E-state index in [4.69, 9.17) is 9.47 Å². The molecule has 1 aliphatic rings. The molecule has 1 N–H and O–H groups in total. The lowest BCUT2D eigenvalue weighted by molar-refractivity contribution is 0.125. The van der Waals surface area contributed by atoms with Crippen LogP contribution >= 0.6 is 0 Å². The molecule has 0 spiro atoms. The first kappa shape index (κ1) is 17.8. The van der Waals surface area contributed by atoms with Crippen LogP contribution in [0, 0.1) is 0 Å². The van der Waals surface area contributed by atoms with Crippen LogP contribution in [0.2, 0.25) is 0 Å². The Labute approximate surface area is 141 Å². The average Bonchev–Trinajstić information content (AvgIpc) is 2.91. The number of nitrogens with zero attached hydrogens (tertiary/aromatic N) is 3. The van der Waals surface area contributed by atoms with E-state index >= 15 is 0 Å². The third-order valence-electron chi connectivity index (χ3n) is 3.90. The molecule has 0 unspecified atom stereocenters. The average molecular weight is 333 g/mol. The molecule has 7 nitrogen and oxygen atoms in total. The Morgan fingerprint density at radius 1 is 1.54 bits per heavy atom. The summed E-state index contributed by atoms with van der Waals surface area (Å²) in [5, 5.41) is 9.68. The smallest absolute Gasteiger partial charge is 0.326 e. The monoisotopic (exact) mass is 333 g/mol. The Balaban J connectivity index is 2.26. The highest BCUT2D eigenvalue weighted by Gasteiger charge is 2.37. The number of methoxy groups -OCH3 is 1. The lowest BCUT2D eigenvalue weighted by Crippen LogP contribution is -2.48. The van der Waals surface area contributed by atoms with Gasteiger partial charge in [0.25, 0.3) is 0 Å². The molecule has 0 bridgehead atoms. The van der Waals surface area contributed by atoms with Crippen molar-refractivity contribution in [1.82, 2.24) is 9.80 Å². The summed E-state index contributed by atoms with van der Waals surface area (Å²) in [6.07, 6.45) is 1.59. The molecule has 1 aromatic rings. The second kappa shape index (κ2) is 6.92. The zero-order chi connectivity index (χ0) is 17.9. The van der Waals surface area contributed by atoms with Gasteiger partial charge in [0.1, 0.15) is 6.73 Å². The summed E-state index contributed by atoms with van der Waals surface area (Å²) in [5.41, 5.74) is 0.807. The summed E-state index contributed by atoms with van der Waals surface area (Å²) in [6.45, 7) is 8.21. The first-order valence-electron chi connectivity index (χ1n) is 7.48. The molecule has 24 heavy (non-hydrogen) atoms. The maximum Gasteiger partial charge on any atom is 0.326 e. The Hall–Kier alpha value is -2.54. The first-order valence-corrected chi connectivity index (χ1v) is 7.48. The largest absolute Gasteiger partial charge is 0.504 e. The molecular weight excluding hydrogens is 310 g/mol. The van der Waals surface area contributed by atoms with Gasteiger partial charge < -0.3 is 19.5 Å². The summed E-state index contributed by atoms with van der Waals surface area (Å²) < 4.78 is 10.5. The van der Waals surface area contributed by atoms with E-state index in [0.29, 0.717) is 23.6 Å². The number of benzene rings is 1. The third-order valence-corrected chi connectivity index (χ3v) is 3.90. The van der Waals surface area contributed by atoms with Gasteiger partial charge in [0.05, 0.1) is 25.0 Å². The number of carbonyl (C=O) groups excluding carboxylic acids is 1. The Morgan fingerprint density at radius 2 is 2.25 bits per heavy atom. The van der Waals surface area contributed by atoms with E-state index in [1.54, 1.807) is 30.3 Å². The SMILES string of the molecule is C=N/C(=C\N(C)C(=O)N1COCC1(C)C)c1ccc(O)c(OC)c1. The fourth-order valence-corrected chi connectivity index (χ4v) is 2.43. The van der Waals surface area contributed by atoms with E-state index in [1.165, 1.54) is 18.1 Å². The maximum absolute atomic E-state index is 12.6. The number of hydrogen-bond acceptors (Lipinski definition) is 5. The van der Waals surface area contributed by atoms with Crippen molar-refractivity contribution in [2.45, 2.75) is 19.4 Å². The number of phenols is 1. The van der Waals surface area contributed by atoms with Crippen molar-refractivity contribution in [2.24, 2.45) is 4.99 Å². The lowest BCUT2D eigenvalue weighted by Gasteiger charge is -2.31. The number of urea groups is 1. The van der Waals surface area contributed by atoms with Crippen LogP contribution < -0.4 is 4.74 Å². The summed E-state index contributed by atoms with van der Waals surface area (Å²) in [7, 11) is 3.12. The minimum absolute atomic E-state index is 0.0325. The predicted molar refractivity (Wildman–Crippen MR) is 92.1 cm³/mol. The van der Waals surface area contributed by atoms with Crippen LogP contribution in [0.25, 0.3) is 5.70 Å². The summed E-state index contributed by atoms with van der Waals surface area (Å²) in [4.78, 5) is 19.7. The number of phenolic OH excluding ortho intramolecular Hbond substituents is 1. The number of aromatic hydroxyl groups is 1. The minimum atomic E-state index is -0.358. The molecule has 1 aromatic carbocycles. The zero-order valence-electron chi connectivity index (χ0n) is 14.4. The quantitative estimate of drug-likeness (QED) is 0.859. The van der Waals surface area contributed by atoms with Gasteiger partial charge in [-0.1, -0.05) is 0 Å². The first-order chi connectivity index (χ1) is 11.3. The van der Waals surface area contributed by atoms with Gasteiger partial charge in [0.2, 0.25) is 0 Å². The van der Waals surface area contributed by atoms with Gasteiger partial charge in [-0.2, -0.15) is 0 Å². The molecule has 2 rings (SSSR count). The van der Waals surface area contributed by atoms with Crippen molar-refractivity contribution in [3.05, 3.63) is 30.0 Å². The van der Waals surface area contributed by atoms with Crippen molar-refractivity contribution in [3.8, 4) is 11.5 Å². The van der Waals surface area contributed by atoms with Gasteiger partial charge in [-0.3, -0.25) is 9.89 Å². The number of aliphatic imine (C=N–C) groups is 1. The van der Waals surface area contributed by atoms with Crippen molar-refractivity contribution in [3.63, 3.8) is 0 Å². The molecule has 1 aliphatic heterocycles. The molecule has 2 amide bonds. The van der Waals surface area contributed by atoms with Crippen LogP contribution in [0.4, 0.5) is 4.79 Å². The second-order valence-corrected chi connectivity index (χ2v) is 6.17. The molecule has 1 saturated heterocycles. The topological polar surface area (TPSA) is 74.6 Å². The van der Waals surface area contributed by atoms with Crippen molar-refractivity contribution < 1.29 is 19.4 Å². The van der Waals surface area contributed by atoms with Crippen LogP contribution in [0.1, 0.15) is 19.4 Å². The maximum atomic E-state index is 12.6. The van der Waals surface area contributed by atoms with Crippen LogP contribution in [0.3, 0.4) is 0 Å². The van der Waals surface area contributed by atoms with E-state index in [9.17, 15) is 9.90 Å². The number of carbonyl (C=O) groups is 1. The predicted octanol–water partition coefficient (Wildman–Crippen LogP) is 2.52. The van der Waals surface area contributed by atoms with Crippen LogP contribution in [0.15, 0.2) is 29.4 Å². The van der Waals surface area contributed by atoms with Gasteiger partial charge >= 0.3 is 6.03 Å². The molecular formula is C17H23N3O4. The number of rotatable bonds is 4. The van der Waals surface area contributed by atoms with E-state index < -0.39 is 0 Å². The number of hydrogen-bond donors (Lipinski definition) is 1. The Morgan fingerprint density at radius 3 is 2.79 bits per heavy atom. The lowest BCUT2D eigenvalue weighted by atomic mass is 10.1. The van der Waals surface area contributed by atoms with Crippen LogP contribution in [-0.2, 0) is 4.74 Å². The van der Waals surface area contributed by atoms with E-state index in [1.807, 2.05) is 13.8 Å². The van der Waals surface area contributed by atoms with E-state index in [-0.39, 0.29) is 24.1 Å². The molecule has 0 aromatic heterocycles. The zero-order valence-corrected chi connectivity index (χ0v) is 14.4. The number of ether oxygens (including phenoxy) is 2. The van der Waals surface area contributed by atoms with Gasteiger partial charge in [0.15, 0.2) is 11.5 Å². The summed E-state index contributed by atoms with van der Waals surface area (Å²) in [5.74, 6) is 0.357. The highest BCUT2D eigenvalue weighted by Crippen LogP contribution is 2.30. The fraction of sp³-hybridized carbons (Fsp3) is 0.412. The van der Waals surface area contributed by atoms with Crippen molar-refractivity contribution >= 4 is 18.4 Å². The Bertz CT molecular complexity index is 670. The third kappa shape index (κ3) is 3.51. The molecule has 1 fully saturated rings. The standard InChI is InChI=1S/C17H23N3O4/c1-17(2)10-24-11-20(17)16(22)19(4)9-13(18-3)12-6-7-14(21)15(8-12)23-5/h6-9,21H,3,10-11H2,1-2,4-5H3/b13-9-. The molecule has 0 radical (unpaired) electrons. The van der Waals surface area contributed by atoms with Crippen molar-refractivity contribution in [2.75, 3.05) is 27.5 Å². The second-order valence-electron chi connectivity index (χ2n) is 6.17. The normalized spacial score (nSPS) is 16.8. The minimum Gasteiger partial charge on any atom is -0.504 e. The van der Waals surface area contributed by atoms with Crippen molar-refractivity contribution in [1.29, 1.82) is 0 Å². The van der Waals surface area contributed by atoms with Gasteiger partial charge in [-0.15, -0.1) is 0 Å². The molecule has 130 valence electrons. The molecule has 0 atom stereocenters. The van der Waals surface area contributed by atoms with Gasteiger partial charge in [-0.05, 0) is 38.8 Å². The highest BCUT2D eigenvalue weighted by molar-refractivity contribution is 5.79. The molecule has 7 heteroatoms.